The molecule has 2 rings (SSSR count). The predicted octanol–water partition coefficient (Wildman–Crippen LogP) is 0.712. The number of hydrogen-bond acceptors (Lipinski definition) is 4. The summed E-state index contributed by atoms with van der Waals surface area (Å²) < 4.78 is 27.6. The number of hydrogen-bond donors (Lipinski definition) is 1. The number of sulfonamides is 1. The van der Waals surface area contributed by atoms with Gasteiger partial charge in [-0.25, -0.2) is 8.42 Å². The van der Waals surface area contributed by atoms with E-state index in [4.69, 9.17) is 5.73 Å². The highest BCUT2D eigenvalue weighted by molar-refractivity contribution is 7.89. The number of piperazine rings is 1. The van der Waals surface area contributed by atoms with Crippen molar-refractivity contribution in [1.29, 1.82) is 0 Å². The van der Waals surface area contributed by atoms with Gasteiger partial charge in [0.25, 0.3) is 0 Å². The van der Waals surface area contributed by atoms with Crippen LogP contribution in [0.1, 0.15) is 22.3 Å². The molecule has 6 nitrogen and oxygen atoms in total. The molecular formula is C16H25N3O3S. The lowest BCUT2D eigenvalue weighted by atomic mass is 10.0. The predicted molar refractivity (Wildman–Crippen MR) is 89.8 cm³/mol. The molecule has 0 radical (unpaired) electrons. The van der Waals surface area contributed by atoms with Gasteiger partial charge in [-0.2, -0.15) is 4.31 Å². The summed E-state index contributed by atoms with van der Waals surface area (Å²) in [4.78, 5) is 13.7. The number of nitrogens with zero attached hydrogens (tertiary/aromatic N) is 2. The number of carbonyl (C=O) groups excluding carboxylic acids is 1. The van der Waals surface area contributed by atoms with Gasteiger partial charge >= 0.3 is 0 Å². The summed E-state index contributed by atoms with van der Waals surface area (Å²) in [6, 6.07) is 2.02. The maximum atomic E-state index is 13.1. The minimum absolute atomic E-state index is 0.0396. The standard InChI is InChI=1S/C16H25N3O3S/c1-11-9-12(2)14(4)16(13(11)3)23(21,22)19-7-5-18(6-8-19)15(20)10-17/h9H,5-8,10,17H2,1-4H3. The number of nitrogens with two attached hydrogens (primary N) is 1. The molecule has 0 saturated carbocycles. The zero-order valence-electron chi connectivity index (χ0n) is 14.2. The lowest BCUT2D eigenvalue weighted by molar-refractivity contribution is -0.130. The van der Waals surface area contributed by atoms with Gasteiger partial charge in [-0.05, 0) is 49.9 Å². The van der Waals surface area contributed by atoms with E-state index in [0.29, 0.717) is 31.1 Å². The van der Waals surface area contributed by atoms with Crippen LogP contribution in [-0.4, -0.2) is 56.3 Å². The molecule has 1 heterocycles. The number of aryl methyl sites for hydroxylation is 2. The van der Waals surface area contributed by atoms with Gasteiger partial charge in [0.15, 0.2) is 0 Å². The van der Waals surface area contributed by atoms with Crippen LogP contribution in [0.3, 0.4) is 0 Å². The van der Waals surface area contributed by atoms with Gasteiger partial charge in [-0.1, -0.05) is 6.07 Å². The largest absolute Gasteiger partial charge is 0.339 e. The molecular weight excluding hydrogens is 314 g/mol. The van der Waals surface area contributed by atoms with E-state index in [-0.39, 0.29) is 12.5 Å². The molecule has 0 aromatic heterocycles. The van der Waals surface area contributed by atoms with Gasteiger partial charge in [0.05, 0.1) is 11.4 Å². The molecule has 2 N–H and O–H groups in total. The Balaban J connectivity index is 2.33. The van der Waals surface area contributed by atoms with Crippen LogP contribution in [0.25, 0.3) is 0 Å². The van der Waals surface area contributed by atoms with Gasteiger partial charge in [-0.15, -0.1) is 0 Å². The first-order valence-electron chi connectivity index (χ1n) is 7.75. The Bertz CT molecular complexity index is 694. The molecule has 0 unspecified atom stereocenters. The van der Waals surface area contributed by atoms with E-state index >= 15 is 0 Å². The number of rotatable bonds is 3. The van der Waals surface area contributed by atoms with E-state index in [1.165, 1.54) is 4.31 Å². The molecule has 1 fully saturated rings. The maximum Gasteiger partial charge on any atom is 0.243 e. The molecule has 1 aliphatic rings. The Hall–Kier alpha value is -1.44. The van der Waals surface area contributed by atoms with Crippen molar-refractivity contribution in [1.82, 2.24) is 9.21 Å². The van der Waals surface area contributed by atoms with E-state index in [0.717, 1.165) is 22.3 Å². The van der Waals surface area contributed by atoms with Crippen LogP contribution >= 0.6 is 0 Å². The fraction of sp³-hybridized carbons (Fsp3) is 0.562. The molecule has 0 atom stereocenters. The highest BCUT2D eigenvalue weighted by Gasteiger charge is 2.32. The number of benzene rings is 1. The highest BCUT2D eigenvalue weighted by atomic mass is 32.2. The Morgan fingerprint density at radius 1 is 1.04 bits per heavy atom. The van der Waals surface area contributed by atoms with Crippen molar-refractivity contribution in [3.8, 4) is 0 Å². The quantitative estimate of drug-likeness (QED) is 0.879. The summed E-state index contributed by atoms with van der Waals surface area (Å²) in [5.74, 6) is -0.138. The lowest BCUT2D eigenvalue weighted by Crippen LogP contribution is -2.52. The molecule has 7 heteroatoms. The fourth-order valence-electron chi connectivity index (χ4n) is 3.00. The van der Waals surface area contributed by atoms with Crippen molar-refractivity contribution in [2.75, 3.05) is 32.7 Å². The van der Waals surface area contributed by atoms with Crippen molar-refractivity contribution in [2.45, 2.75) is 32.6 Å². The monoisotopic (exact) mass is 339 g/mol. The minimum atomic E-state index is -3.56. The molecule has 1 saturated heterocycles. The second-order valence-corrected chi connectivity index (χ2v) is 7.95. The molecule has 128 valence electrons. The topological polar surface area (TPSA) is 83.7 Å². The fourth-order valence-corrected chi connectivity index (χ4v) is 5.00. The third-order valence-electron chi connectivity index (χ3n) is 4.66. The Kier molecular flexibility index (Phi) is 5.13. The van der Waals surface area contributed by atoms with Crippen molar-refractivity contribution in [3.05, 3.63) is 28.3 Å². The molecule has 0 bridgehead atoms. The van der Waals surface area contributed by atoms with E-state index < -0.39 is 10.0 Å². The van der Waals surface area contributed by atoms with E-state index in [9.17, 15) is 13.2 Å². The van der Waals surface area contributed by atoms with Crippen LogP contribution < -0.4 is 5.73 Å². The Morgan fingerprint density at radius 2 is 1.52 bits per heavy atom. The molecule has 1 aromatic rings. The molecule has 23 heavy (non-hydrogen) atoms. The smallest absolute Gasteiger partial charge is 0.243 e. The summed E-state index contributed by atoms with van der Waals surface area (Å²) >= 11 is 0. The van der Waals surface area contributed by atoms with Gasteiger partial charge < -0.3 is 10.6 Å². The molecule has 1 amide bonds. The van der Waals surface area contributed by atoms with E-state index in [1.807, 2.05) is 33.8 Å². The summed E-state index contributed by atoms with van der Waals surface area (Å²) in [5, 5.41) is 0. The van der Waals surface area contributed by atoms with Crippen LogP contribution in [-0.2, 0) is 14.8 Å². The van der Waals surface area contributed by atoms with Gasteiger partial charge in [-0.3, -0.25) is 4.79 Å². The van der Waals surface area contributed by atoms with Crippen LogP contribution in [0.4, 0.5) is 0 Å². The second kappa shape index (κ2) is 6.59. The van der Waals surface area contributed by atoms with Crippen molar-refractivity contribution in [2.24, 2.45) is 5.73 Å². The zero-order valence-corrected chi connectivity index (χ0v) is 15.0. The first kappa shape index (κ1) is 17.9. The van der Waals surface area contributed by atoms with Gasteiger partial charge in [0.2, 0.25) is 15.9 Å². The molecule has 1 aromatic carbocycles. The first-order chi connectivity index (χ1) is 10.7. The highest BCUT2D eigenvalue weighted by Crippen LogP contribution is 2.29. The average Bonchev–Trinajstić information content (AvgIpc) is 2.52. The second-order valence-electron chi connectivity index (χ2n) is 6.08. The summed E-state index contributed by atoms with van der Waals surface area (Å²) in [7, 11) is -3.56. The van der Waals surface area contributed by atoms with Crippen LogP contribution in [0.15, 0.2) is 11.0 Å². The third kappa shape index (κ3) is 3.27. The molecule has 0 spiro atoms. The van der Waals surface area contributed by atoms with E-state index in [2.05, 4.69) is 0 Å². The Morgan fingerprint density at radius 3 is 1.96 bits per heavy atom. The minimum Gasteiger partial charge on any atom is -0.339 e. The lowest BCUT2D eigenvalue weighted by Gasteiger charge is -2.34. The number of carbonyl (C=O) groups is 1. The summed E-state index contributed by atoms with van der Waals surface area (Å²) in [5.41, 5.74) is 8.91. The van der Waals surface area contributed by atoms with Gasteiger partial charge in [0.1, 0.15) is 0 Å². The molecule has 0 aliphatic carbocycles. The zero-order chi connectivity index (χ0) is 17.4. The average molecular weight is 339 g/mol. The summed E-state index contributed by atoms with van der Waals surface area (Å²) in [6.07, 6.45) is 0. The van der Waals surface area contributed by atoms with Crippen LogP contribution in [0.2, 0.25) is 0 Å². The van der Waals surface area contributed by atoms with Crippen LogP contribution in [0.5, 0.6) is 0 Å². The third-order valence-corrected chi connectivity index (χ3v) is 6.83. The van der Waals surface area contributed by atoms with Crippen molar-refractivity contribution < 1.29 is 13.2 Å². The summed E-state index contributed by atoms with van der Waals surface area (Å²) in [6.45, 7) is 8.90. The normalized spacial score (nSPS) is 16.7. The first-order valence-corrected chi connectivity index (χ1v) is 9.19. The van der Waals surface area contributed by atoms with Crippen LogP contribution in [0, 0.1) is 27.7 Å². The van der Waals surface area contributed by atoms with E-state index in [1.54, 1.807) is 4.90 Å². The maximum absolute atomic E-state index is 13.1. The number of amides is 1. The Labute approximate surface area is 138 Å². The van der Waals surface area contributed by atoms with Crippen molar-refractivity contribution in [3.63, 3.8) is 0 Å². The molecule has 1 aliphatic heterocycles. The SMILES string of the molecule is Cc1cc(C)c(C)c(S(=O)(=O)N2CCN(C(=O)CN)CC2)c1C. The van der Waals surface area contributed by atoms with Gasteiger partial charge in [0, 0.05) is 26.2 Å². The van der Waals surface area contributed by atoms with Crippen molar-refractivity contribution >= 4 is 15.9 Å².